The van der Waals surface area contributed by atoms with Crippen LogP contribution in [0.4, 0.5) is 0 Å². The van der Waals surface area contributed by atoms with Gasteiger partial charge < -0.3 is 5.11 Å². The highest BCUT2D eigenvalue weighted by atomic mass is 35.5. The average molecular weight is 278 g/mol. The summed E-state index contributed by atoms with van der Waals surface area (Å²) in [6, 6.07) is 13.6. The number of phenols is 1. The van der Waals surface area contributed by atoms with Gasteiger partial charge in [-0.25, -0.2) is 5.48 Å². The number of nitrogens with one attached hydrogen (secondary N) is 1. The van der Waals surface area contributed by atoms with Crippen molar-refractivity contribution in [1.82, 2.24) is 5.48 Å². The van der Waals surface area contributed by atoms with Crippen LogP contribution in [0.1, 0.15) is 15.9 Å². The van der Waals surface area contributed by atoms with E-state index in [2.05, 4.69) is 5.48 Å². The Morgan fingerprint density at radius 3 is 2.68 bits per heavy atom. The van der Waals surface area contributed by atoms with E-state index in [9.17, 15) is 9.90 Å². The van der Waals surface area contributed by atoms with Crippen molar-refractivity contribution < 1.29 is 14.7 Å². The Bertz CT molecular complexity index is 572. The van der Waals surface area contributed by atoms with Gasteiger partial charge in [0.25, 0.3) is 5.91 Å². The van der Waals surface area contributed by atoms with Crippen LogP contribution in [0.2, 0.25) is 5.02 Å². The standard InChI is InChI=1S/C14H12ClNO3/c15-13-7-6-11(17)8-12(13)14(18)16-19-9-10-4-2-1-3-5-10/h1-8,17H,9H2,(H,16,18). The molecular weight excluding hydrogens is 266 g/mol. The number of halogens is 1. The molecule has 0 atom stereocenters. The topological polar surface area (TPSA) is 58.6 Å². The van der Waals surface area contributed by atoms with E-state index in [1.54, 1.807) is 0 Å². The Kier molecular flexibility index (Phi) is 4.39. The minimum absolute atomic E-state index is 0.0300. The monoisotopic (exact) mass is 277 g/mol. The van der Waals surface area contributed by atoms with Crippen molar-refractivity contribution in [2.45, 2.75) is 6.61 Å². The van der Waals surface area contributed by atoms with E-state index >= 15 is 0 Å². The number of carbonyl (C=O) groups is 1. The lowest BCUT2D eigenvalue weighted by Gasteiger charge is -2.07. The third kappa shape index (κ3) is 3.71. The molecule has 0 radical (unpaired) electrons. The van der Waals surface area contributed by atoms with Gasteiger partial charge in [-0.15, -0.1) is 0 Å². The van der Waals surface area contributed by atoms with Gasteiger partial charge in [0.15, 0.2) is 0 Å². The van der Waals surface area contributed by atoms with Crippen molar-refractivity contribution in [1.29, 1.82) is 0 Å². The Hall–Kier alpha value is -2.04. The molecule has 98 valence electrons. The van der Waals surface area contributed by atoms with Crippen molar-refractivity contribution in [2.75, 3.05) is 0 Å². The second-order valence-electron chi connectivity index (χ2n) is 3.87. The number of hydrogen-bond donors (Lipinski definition) is 2. The first kappa shape index (κ1) is 13.4. The van der Waals surface area contributed by atoms with Gasteiger partial charge in [-0.3, -0.25) is 9.63 Å². The number of rotatable bonds is 4. The molecule has 0 fully saturated rings. The molecule has 0 spiro atoms. The molecule has 2 aromatic carbocycles. The van der Waals surface area contributed by atoms with Crippen LogP contribution in [0.5, 0.6) is 5.75 Å². The van der Waals surface area contributed by atoms with Crippen LogP contribution < -0.4 is 5.48 Å². The Balaban J connectivity index is 1.93. The predicted octanol–water partition coefficient (Wildman–Crippen LogP) is 2.91. The molecule has 2 rings (SSSR count). The molecule has 2 aromatic rings. The van der Waals surface area contributed by atoms with Gasteiger partial charge >= 0.3 is 0 Å². The minimum Gasteiger partial charge on any atom is -0.508 e. The SMILES string of the molecule is O=C(NOCc1ccccc1)c1cc(O)ccc1Cl. The highest BCUT2D eigenvalue weighted by Crippen LogP contribution is 2.20. The van der Waals surface area contributed by atoms with E-state index in [0.717, 1.165) is 5.56 Å². The van der Waals surface area contributed by atoms with Gasteiger partial charge in [-0.2, -0.15) is 0 Å². The zero-order valence-corrected chi connectivity index (χ0v) is 10.7. The van der Waals surface area contributed by atoms with E-state index in [0.29, 0.717) is 0 Å². The molecule has 4 nitrogen and oxygen atoms in total. The van der Waals surface area contributed by atoms with Crippen LogP contribution in [0, 0.1) is 0 Å². The fourth-order valence-corrected chi connectivity index (χ4v) is 1.70. The van der Waals surface area contributed by atoms with Crippen molar-refractivity contribution in [3.8, 4) is 5.75 Å². The lowest BCUT2D eigenvalue weighted by Crippen LogP contribution is -2.23. The zero-order valence-electron chi connectivity index (χ0n) is 9.97. The summed E-state index contributed by atoms with van der Waals surface area (Å²) in [5.41, 5.74) is 3.38. The first-order valence-corrected chi connectivity index (χ1v) is 5.99. The molecule has 0 aliphatic carbocycles. The summed E-state index contributed by atoms with van der Waals surface area (Å²) in [5, 5.41) is 9.56. The lowest BCUT2D eigenvalue weighted by molar-refractivity contribution is 0.0233. The van der Waals surface area contributed by atoms with Gasteiger partial charge in [0.1, 0.15) is 5.75 Å². The van der Waals surface area contributed by atoms with Crippen molar-refractivity contribution in [3.05, 3.63) is 64.7 Å². The highest BCUT2D eigenvalue weighted by molar-refractivity contribution is 6.33. The van der Waals surface area contributed by atoms with Gasteiger partial charge in [0.05, 0.1) is 17.2 Å². The van der Waals surface area contributed by atoms with Crippen molar-refractivity contribution in [3.63, 3.8) is 0 Å². The van der Waals surface area contributed by atoms with E-state index in [-0.39, 0.29) is 22.9 Å². The first-order valence-electron chi connectivity index (χ1n) is 5.61. The maximum absolute atomic E-state index is 11.8. The van der Waals surface area contributed by atoms with E-state index < -0.39 is 5.91 Å². The molecule has 0 saturated carbocycles. The molecule has 19 heavy (non-hydrogen) atoms. The van der Waals surface area contributed by atoms with Crippen LogP contribution in [-0.4, -0.2) is 11.0 Å². The third-order valence-corrected chi connectivity index (χ3v) is 2.77. The molecular formula is C14H12ClNO3. The number of benzene rings is 2. The summed E-state index contributed by atoms with van der Waals surface area (Å²) in [6.45, 7) is 0.253. The summed E-state index contributed by atoms with van der Waals surface area (Å²) in [6.07, 6.45) is 0. The largest absolute Gasteiger partial charge is 0.508 e. The maximum atomic E-state index is 11.8. The Morgan fingerprint density at radius 2 is 1.95 bits per heavy atom. The van der Waals surface area contributed by atoms with Crippen molar-refractivity contribution >= 4 is 17.5 Å². The first-order chi connectivity index (χ1) is 9.16. The fraction of sp³-hybridized carbons (Fsp3) is 0.0714. The molecule has 0 heterocycles. The number of aromatic hydroxyl groups is 1. The molecule has 2 N–H and O–H groups in total. The summed E-state index contributed by atoms with van der Waals surface area (Å²) < 4.78 is 0. The molecule has 0 bridgehead atoms. The van der Waals surface area contributed by atoms with Crippen LogP contribution >= 0.6 is 11.6 Å². The number of hydrogen-bond acceptors (Lipinski definition) is 3. The average Bonchev–Trinajstić information content (AvgIpc) is 2.42. The molecule has 1 amide bonds. The van der Waals surface area contributed by atoms with Crippen LogP contribution in [0.25, 0.3) is 0 Å². The minimum atomic E-state index is -0.503. The second-order valence-corrected chi connectivity index (χ2v) is 4.28. The lowest BCUT2D eigenvalue weighted by atomic mass is 10.2. The summed E-state index contributed by atoms with van der Waals surface area (Å²) in [7, 11) is 0. The van der Waals surface area contributed by atoms with Gasteiger partial charge in [-0.1, -0.05) is 41.9 Å². The van der Waals surface area contributed by atoms with Crippen LogP contribution in [0.3, 0.4) is 0 Å². The van der Waals surface area contributed by atoms with Gasteiger partial charge in [-0.05, 0) is 23.8 Å². The number of carbonyl (C=O) groups excluding carboxylic acids is 1. The van der Waals surface area contributed by atoms with Gasteiger partial charge in [0, 0.05) is 0 Å². The molecule has 0 aromatic heterocycles. The summed E-state index contributed by atoms with van der Waals surface area (Å²) in [4.78, 5) is 16.9. The van der Waals surface area contributed by atoms with E-state index in [1.165, 1.54) is 18.2 Å². The summed E-state index contributed by atoms with van der Waals surface area (Å²) >= 11 is 5.86. The smallest absolute Gasteiger partial charge is 0.276 e. The number of hydroxylamine groups is 1. The predicted molar refractivity (Wildman–Crippen MR) is 71.8 cm³/mol. The zero-order chi connectivity index (χ0) is 13.7. The van der Waals surface area contributed by atoms with Crippen LogP contribution in [-0.2, 0) is 11.4 Å². The number of amides is 1. The Labute approximate surface area is 115 Å². The van der Waals surface area contributed by atoms with Crippen molar-refractivity contribution in [2.24, 2.45) is 0 Å². The quantitative estimate of drug-likeness (QED) is 0.845. The second kappa shape index (κ2) is 6.22. The maximum Gasteiger partial charge on any atom is 0.276 e. The number of phenolic OH excluding ortho intramolecular Hbond substituents is 1. The van der Waals surface area contributed by atoms with Gasteiger partial charge in [0.2, 0.25) is 0 Å². The van der Waals surface area contributed by atoms with E-state index in [1.807, 2.05) is 30.3 Å². The highest BCUT2D eigenvalue weighted by Gasteiger charge is 2.11. The normalized spacial score (nSPS) is 10.2. The molecule has 0 unspecified atom stereocenters. The Morgan fingerprint density at radius 1 is 1.21 bits per heavy atom. The molecule has 0 saturated heterocycles. The molecule has 0 aliphatic heterocycles. The van der Waals surface area contributed by atoms with Crippen LogP contribution in [0.15, 0.2) is 48.5 Å². The third-order valence-electron chi connectivity index (χ3n) is 2.44. The molecule has 5 heteroatoms. The summed E-state index contributed by atoms with van der Waals surface area (Å²) in [5.74, 6) is -0.533. The van der Waals surface area contributed by atoms with E-state index in [4.69, 9.17) is 16.4 Å². The molecule has 0 aliphatic rings. The fourth-order valence-electron chi connectivity index (χ4n) is 1.50.